The van der Waals surface area contributed by atoms with Gasteiger partial charge in [-0.05, 0) is 30.2 Å². The SMILES string of the molecule is C=CCSc1nnc(NS(=O)(=O)c2ccc3c(c2)CCN3C(C)=O)s1. The summed E-state index contributed by atoms with van der Waals surface area (Å²) in [5, 5.41) is 8.01. The van der Waals surface area contributed by atoms with Crippen LogP contribution in [0.2, 0.25) is 0 Å². The molecule has 0 saturated carbocycles. The third-order valence-electron chi connectivity index (χ3n) is 3.59. The fourth-order valence-electron chi connectivity index (χ4n) is 2.49. The van der Waals surface area contributed by atoms with Crippen LogP contribution in [0.5, 0.6) is 0 Å². The average molecular weight is 397 g/mol. The summed E-state index contributed by atoms with van der Waals surface area (Å²) in [7, 11) is -3.75. The Morgan fingerprint density at radius 1 is 1.48 bits per heavy atom. The third kappa shape index (κ3) is 3.86. The zero-order chi connectivity index (χ0) is 18.0. The Morgan fingerprint density at radius 3 is 3.00 bits per heavy atom. The van der Waals surface area contributed by atoms with Crippen LogP contribution in [-0.2, 0) is 21.2 Å². The smallest absolute Gasteiger partial charge is 0.263 e. The number of amides is 1. The summed E-state index contributed by atoms with van der Waals surface area (Å²) in [5.41, 5.74) is 1.61. The second kappa shape index (κ2) is 7.14. The molecule has 25 heavy (non-hydrogen) atoms. The van der Waals surface area contributed by atoms with Crippen molar-refractivity contribution in [3.8, 4) is 0 Å². The van der Waals surface area contributed by atoms with Gasteiger partial charge in [0.05, 0.1) is 4.90 Å². The van der Waals surface area contributed by atoms with Gasteiger partial charge in [-0.3, -0.25) is 9.52 Å². The lowest BCUT2D eigenvalue weighted by Crippen LogP contribution is -2.25. The van der Waals surface area contributed by atoms with E-state index >= 15 is 0 Å². The number of hydrogen-bond donors (Lipinski definition) is 1. The number of fused-ring (bicyclic) bond motifs is 1. The Balaban J connectivity index is 1.80. The number of sulfonamides is 1. The number of carbonyl (C=O) groups excluding carboxylic acids is 1. The number of hydrogen-bond acceptors (Lipinski definition) is 7. The van der Waals surface area contributed by atoms with E-state index in [1.54, 1.807) is 23.1 Å². The zero-order valence-electron chi connectivity index (χ0n) is 13.4. The predicted molar refractivity (Wildman–Crippen MR) is 99.8 cm³/mol. The van der Waals surface area contributed by atoms with Crippen LogP contribution >= 0.6 is 23.1 Å². The first-order chi connectivity index (χ1) is 11.9. The van der Waals surface area contributed by atoms with Crippen molar-refractivity contribution in [2.45, 2.75) is 22.6 Å². The van der Waals surface area contributed by atoms with Gasteiger partial charge in [-0.25, -0.2) is 8.42 Å². The van der Waals surface area contributed by atoms with Gasteiger partial charge in [-0.15, -0.1) is 16.8 Å². The highest BCUT2D eigenvalue weighted by atomic mass is 32.2. The Bertz CT molecular complexity index is 924. The largest absolute Gasteiger partial charge is 0.312 e. The molecule has 132 valence electrons. The van der Waals surface area contributed by atoms with Crippen LogP contribution in [0, 0.1) is 0 Å². The van der Waals surface area contributed by atoms with Crippen molar-refractivity contribution in [3.63, 3.8) is 0 Å². The molecule has 2 aromatic rings. The summed E-state index contributed by atoms with van der Waals surface area (Å²) in [6, 6.07) is 4.77. The minimum atomic E-state index is -3.75. The molecule has 0 radical (unpaired) electrons. The van der Waals surface area contributed by atoms with E-state index in [4.69, 9.17) is 0 Å². The van der Waals surface area contributed by atoms with E-state index in [0.717, 1.165) is 11.3 Å². The van der Waals surface area contributed by atoms with Crippen molar-refractivity contribution >= 4 is 49.8 Å². The maximum Gasteiger partial charge on any atom is 0.263 e. The van der Waals surface area contributed by atoms with Gasteiger partial charge in [-0.1, -0.05) is 29.2 Å². The van der Waals surface area contributed by atoms with E-state index in [-0.39, 0.29) is 15.9 Å². The Hall–Kier alpha value is -1.91. The Morgan fingerprint density at radius 2 is 2.28 bits per heavy atom. The monoisotopic (exact) mass is 396 g/mol. The van der Waals surface area contributed by atoms with Crippen LogP contribution in [-0.4, -0.2) is 36.8 Å². The van der Waals surface area contributed by atoms with E-state index in [2.05, 4.69) is 21.5 Å². The highest BCUT2D eigenvalue weighted by Crippen LogP contribution is 2.31. The van der Waals surface area contributed by atoms with Crippen LogP contribution in [0.1, 0.15) is 12.5 Å². The summed E-state index contributed by atoms with van der Waals surface area (Å²) >= 11 is 2.61. The zero-order valence-corrected chi connectivity index (χ0v) is 15.9. The standard InChI is InChI=1S/C15H16N4O3S3/c1-3-8-23-15-17-16-14(24-15)18-25(21,22)12-4-5-13-11(9-12)6-7-19(13)10(2)20/h3-5,9H,1,6-8H2,2H3,(H,16,18). The molecule has 1 aromatic carbocycles. The van der Waals surface area contributed by atoms with Crippen molar-refractivity contribution < 1.29 is 13.2 Å². The first-order valence-electron chi connectivity index (χ1n) is 7.42. The number of rotatable bonds is 6. The van der Waals surface area contributed by atoms with E-state index in [0.29, 0.717) is 23.1 Å². The molecular formula is C15H16N4O3S3. The lowest BCUT2D eigenvalue weighted by atomic mass is 10.2. The molecule has 1 amide bonds. The molecule has 0 unspecified atom stereocenters. The molecule has 0 spiro atoms. The fourth-order valence-corrected chi connectivity index (χ4v) is 5.28. The molecule has 1 aromatic heterocycles. The van der Waals surface area contributed by atoms with Gasteiger partial charge in [0, 0.05) is 24.9 Å². The fraction of sp³-hybridized carbons (Fsp3) is 0.267. The molecule has 1 N–H and O–H groups in total. The molecule has 0 atom stereocenters. The molecule has 0 saturated heterocycles. The topological polar surface area (TPSA) is 92.3 Å². The van der Waals surface area contributed by atoms with Crippen LogP contribution in [0.3, 0.4) is 0 Å². The molecule has 1 aliphatic heterocycles. The van der Waals surface area contributed by atoms with Gasteiger partial charge in [0.25, 0.3) is 10.0 Å². The molecule has 3 rings (SSSR count). The number of nitrogens with zero attached hydrogens (tertiary/aromatic N) is 3. The van der Waals surface area contributed by atoms with Crippen molar-refractivity contribution in [1.29, 1.82) is 0 Å². The van der Waals surface area contributed by atoms with Crippen molar-refractivity contribution in [2.75, 3.05) is 21.9 Å². The molecule has 10 heteroatoms. The summed E-state index contributed by atoms with van der Waals surface area (Å²) in [6.07, 6.45) is 2.38. The predicted octanol–water partition coefficient (Wildman–Crippen LogP) is 2.53. The highest BCUT2D eigenvalue weighted by Gasteiger charge is 2.25. The molecule has 7 nitrogen and oxygen atoms in total. The Labute approximate surface area is 154 Å². The molecule has 0 aliphatic carbocycles. The number of thioether (sulfide) groups is 1. The first kappa shape index (κ1) is 17.9. The summed E-state index contributed by atoms with van der Waals surface area (Å²) in [4.78, 5) is 13.4. The van der Waals surface area contributed by atoms with E-state index in [1.165, 1.54) is 36.1 Å². The summed E-state index contributed by atoms with van der Waals surface area (Å²) in [5.74, 6) is 0.629. The minimum absolute atomic E-state index is 0.0501. The summed E-state index contributed by atoms with van der Waals surface area (Å²) < 4.78 is 28.3. The molecular weight excluding hydrogens is 380 g/mol. The van der Waals surface area contributed by atoms with Crippen molar-refractivity contribution in [3.05, 3.63) is 36.4 Å². The van der Waals surface area contributed by atoms with Gasteiger partial charge < -0.3 is 4.90 Å². The molecule has 0 fully saturated rings. The third-order valence-corrected chi connectivity index (χ3v) is 7.02. The number of aromatic nitrogens is 2. The summed E-state index contributed by atoms with van der Waals surface area (Å²) in [6.45, 7) is 5.70. The maximum atomic E-state index is 12.6. The number of carbonyl (C=O) groups is 1. The molecule has 1 aliphatic rings. The van der Waals surface area contributed by atoms with Crippen LogP contribution in [0.15, 0.2) is 40.1 Å². The van der Waals surface area contributed by atoms with E-state index in [1.807, 2.05) is 0 Å². The number of anilines is 2. The van der Waals surface area contributed by atoms with Gasteiger partial charge in [0.1, 0.15) is 0 Å². The normalized spacial score (nSPS) is 13.6. The second-order valence-electron chi connectivity index (χ2n) is 5.29. The lowest BCUT2D eigenvalue weighted by molar-refractivity contribution is -0.116. The van der Waals surface area contributed by atoms with Gasteiger partial charge >= 0.3 is 0 Å². The quantitative estimate of drug-likeness (QED) is 0.596. The average Bonchev–Trinajstić information content (AvgIpc) is 3.18. The van der Waals surface area contributed by atoms with Crippen molar-refractivity contribution in [2.24, 2.45) is 0 Å². The van der Waals surface area contributed by atoms with Crippen LogP contribution in [0.4, 0.5) is 10.8 Å². The van der Waals surface area contributed by atoms with Gasteiger partial charge in [-0.2, -0.15) is 0 Å². The van der Waals surface area contributed by atoms with E-state index in [9.17, 15) is 13.2 Å². The Kier molecular flexibility index (Phi) is 5.11. The first-order valence-corrected chi connectivity index (χ1v) is 10.7. The minimum Gasteiger partial charge on any atom is -0.312 e. The maximum absolute atomic E-state index is 12.6. The molecule has 0 bridgehead atoms. The highest BCUT2D eigenvalue weighted by molar-refractivity contribution is 8.01. The number of benzene rings is 1. The van der Waals surface area contributed by atoms with E-state index < -0.39 is 10.0 Å². The second-order valence-corrected chi connectivity index (χ2v) is 9.22. The number of nitrogens with one attached hydrogen (secondary N) is 1. The van der Waals surface area contributed by atoms with Crippen LogP contribution in [0.25, 0.3) is 0 Å². The van der Waals surface area contributed by atoms with Crippen LogP contribution < -0.4 is 9.62 Å². The van der Waals surface area contributed by atoms with Gasteiger partial charge in [0.2, 0.25) is 11.0 Å². The molecule has 2 heterocycles. The van der Waals surface area contributed by atoms with Gasteiger partial charge in [0.15, 0.2) is 4.34 Å². The van der Waals surface area contributed by atoms with Crippen molar-refractivity contribution in [1.82, 2.24) is 10.2 Å². The lowest BCUT2D eigenvalue weighted by Gasteiger charge is -2.14.